The second-order valence-corrected chi connectivity index (χ2v) is 12.1. The molecule has 226 valence electrons. The second-order valence-electron chi connectivity index (χ2n) is 12.1. The summed E-state index contributed by atoms with van der Waals surface area (Å²) in [6.07, 6.45) is 0. The van der Waals surface area contributed by atoms with Crippen LogP contribution < -0.4 is 0 Å². The predicted octanol–water partition coefficient (Wildman–Crippen LogP) is 13.4. The molecule has 0 aliphatic carbocycles. The van der Waals surface area contributed by atoms with E-state index in [-0.39, 0.29) is 0 Å². The molecule has 8 rings (SSSR count). The van der Waals surface area contributed by atoms with Crippen molar-refractivity contribution in [2.45, 2.75) is 0 Å². The SMILES string of the molecule is c1ccc(-c2cccc(-c3ccccc3-c3cc(-c4ccccc4)cc(-c4ccccc4-c4cccc(-c5ccccc5)c4)c3)c2)cc1. The molecule has 0 heterocycles. The third-order valence-electron chi connectivity index (χ3n) is 9.08. The van der Waals surface area contributed by atoms with Gasteiger partial charge in [0.25, 0.3) is 0 Å². The molecular formula is C48H34. The van der Waals surface area contributed by atoms with Crippen molar-refractivity contribution in [3.8, 4) is 77.9 Å². The van der Waals surface area contributed by atoms with Crippen LogP contribution in [0.5, 0.6) is 0 Å². The number of hydrogen-bond donors (Lipinski definition) is 0. The summed E-state index contributed by atoms with van der Waals surface area (Å²) >= 11 is 0. The van der Waals surface area contributed by atoms with E-state index >= 15 is 0 Å². The third kappa shape index (κ3) is 6.00. The highest BCUT2D eigenvalue weighted by Gasteiger charge is 2.15. The van der Waals surface area contributed by atoms with Crippen molar-refractivity contribution in [3.05, 3.63) is 206 Å². The Bertz CT molecular complexity index is 2170. The fourth-order valence-corrected chi connectivity index (χ4v) is 6.70. The zero-order valence-corrected chi connectivity index (χ0v) is 26.6. The molecule has 0 amide bonds. The Morgan fingerprint density at radius 3 is 0.792 bits per heavy atom. The van der Waals surface area contributed by atoms with Crippen LogP contribution in [-0.2, 0) is 0 Å². The van der Waals surface area contributed by atoms with Crippen LogP contribution >= 0.6 is 0 Å². The van der Waals surface area contributed by atoms with E-state index in [0.717, 1.165) is 0 Å². The molecule has 0 unspecified atom stereocenters. The van der Waals surface area contributed by atoms with Gasteiger partial charge in [0, 0.05) is 0 Å². The molecule has 8 aromatic rings. The minimum atomic E-state index is 1.19. The molecular weight excluding hydrogens is 577 g/mol. The molecule has 0 heteroatoms. The maximum absolute atomic E-state index is 2.37. The van der Waals surface area contributed by atoms with E-state index in [0.29, 0.717) is 0 Å². The van der Waals surface area contributed by atoms with E-state index in [1.807, 2.05) is 0 Å². The average Bonchev–Trinajstić information content (AvgIpc) is 3.19. The van der Waals surface area contributed by atoms with Gasteiger partial charge in [0.2, 0.25) is 0 Å². The Kier molecular flexibility index (Phi) is 8.05. The van der Waals surface area contributed by atoms with Crippen LogP contribution in [0.1, 0.15) is 0 Å². The van der Waals surface area contributed by atoms with Crippen molar-refractivity contribution in [2.24, 2.45) is 0 Å². The van der Waals surface area contributed by atoms with Gasteiger partial charge >= 0.3 is 0 Å². The molecule has 0 aromatic heterocycles. The maximum atomic E-state index is 2.37. The molecule has 0 saturated heterocycles. The molecule has 48 heavy (non-hydrogen) atoms. The van der Waals surface area contributed by atoms with E-state index in [1.165, 1.54) is 77.9 Å². The van der Waals surface area contributed by atoms with E-state index in [1.54, 1.807) is 0 Å². The summed E-state index contributed by atoms with van der Waals surface area (Å²) in [5, 5.41) is 0. The molecule has 0 fully saturated rings. The molecule has 0 radical (unpaired) electrons. The van der Waals surface area contributed by atoms with Crippen molar-refractivity contribution in [3.63, 3.8) is 0 Å². The lowest BCUT2D eigenvalue weighted by molar-refractivity contribution is 1.54. The summed E-state index contributed by atoms with van der Waals surface area (Å²) in [4.78, 5) is 0. The van der Waals surface area contributed by atoms with Crippen LogP contribution in [-0.4, -0.2) is 0 Å². The lowest BCUT2D eigenvalue weighted by Crippen LogP contribution is -1.91. The highest BCUT2D eigenvalue weighted by molar-refractivity contribution is 5.92. The Morgan fingerprint density at radius 1 is 0.146 bits per heavy atom. The van der Waals surface area contributed by atoms with Gasteiger partial charge in [-0.15, -0.1) is 0 Å². The minimum absolute atomic E-state index is 1.19. The standard InChI is InChI=1S/C48H34/c1-4-16-35(17-5-1)38-22-14-24-40(30-38)45-26-10-12-28-47(45)43-32-42(37-20-8-3-9-21-37)33-44(34-43)48-29-13-11-27-46(48)41-25-15-23-39(31-41)36-18-6-2-7-19-36/h1-34H. The molecule has 0 spiro atoms. The Labute approximate surface area is 283 Å². The van der Waals surface area contributed by atoms with Crippen LogP contribution in [0.15, 0.2) is 206 Å². The van der Waals surface area contributed by atoms with Crippen LogP contribution in [0.2, 0.25) is 0 Å². The Balaban J connectivity index is 1.29. The van der Waals surface area contributed by atoms with Gasteiger partial charge in [0.1, 0.15) is 0 Å². The molecule has 0 bridgehead atoms. The highest BCUT2D eigenvalue weighted by atomic mass is 14.2. The van der Waals surface area contributed by atoms with Gasteiger partial charge in [-0.05, 0) is 108 Å². The third-order valence-corrected chi connectivity index (χ3v) is 9.08. The number of hydrogen-bond acceptors (Lipinski definition) is 0. The highest BCUT2D eigenvalue weighted by Crippen LogP contribution is 2.41. The fourth-order valence-electron chi connectivity index (χ4n) is 6.70. The minimum Gasteiger partial charge on any atom is -0.0622 e. The Morgan fingerprint density at radius 2 is 0.396 bits per heavy atom. The van der Waals surface area contributed by atoms with Crippen molar-refractivity contribution >= 4 is 0 Å². The van der Waals surface area contributed by atoms with Crippen LogP contribution in [0, 0.1) is 0 Å². The number of benzene rings is 8. The van der Waals surface area contributed by atoms with Gasteiger partial charge < -0.3 is 0 Å². The first-order valence-electron chi connectivity index (χ1n) is 16.5. The summed E-state index contributed by atoms with van der Waals surface area (Å²) in [6, 6.07) is 74.4. The molecule has 0 aliphatic rings. The van der Waals surface area contributed by atoms with E-state index in [4.69, 9.17) is 0 Å². The molecule has 0 atom stereocenters. The first kappa shape index (κ1) is 29.2. The first-order chi connectivity index (χ1) is 23.8. The lowest BCUT2D eigenvalue weighted by Gasteiger charge is -2.17. The molecule has 0 aliphatic heterocycles. The van der Waals surface area contributed by atoms with Crippen molar-refractivity contribution in [1.29, 1.82) is 0 Å². The van der Waals surface area contributed by atoms with Gasteiger partial charge in [-0.2, -0.15) is 0 Å². The Hall–Kier alpha value is -6.24. The van der Waals surface area contributed by atoms with Gasteiger partial charge in [-0.1, -0.05) is 176 Å². The topological polar surface area (TPSA) is 0 Å². The van der Waals surface area contributed by atoms with Gasteiger partial charge in [-0.25, -0.2) is 0 Å². The summed E-state index contributed by atoms with van der Waals surface area (Å²) in [6.45, 7) is 0. The van der Waals surface area contributed by atoms with Gasteiger partial charge in [-0.3, -0.25) is 0 Å². The van der Waals surface area contributed by atoms with Crippen LogP contribution in [0.4, 0.5) is 0 Å². The fraction of sp³-hybridized carbons (Fsp3) is 0. The van der Waals surface area contributed by atoms with Gasteiger partial charge in [0.05, 0.1) is 0 Å². The second kappa shape index (κ2) is 13.2. The van der Waals surface area contributed by atoms with Crippen molar-refractivity contribution in [2.75, 3.05) is 0 Å². The van der Waals surface area contributed by atoms with E-state index in [9.17, 15) is 0 Å². The summed E-state index contributed by atoms with van der Waals surface area (Å²) in [5.41, 5.74) is 16.9. The van der Waals surface area contributed by atoms with Crippen LogP contribution in [0.25, 0.3) is 77.9 Å². The van der Waals surface area contributed by atoms with E-state index in [2.05, 4.69) is 206 Å². The number of rotatable bonds is 7. The smallest absolute Gasteiger partial charge is 0.0105 e. The quantitative estimate of drug-likeness (QED) is 0.168. The normalized spacial score (nSPS) is 10.9. The zero-order chi connectivity index (χ0) is 32.1. The maximum Gasteiger partial charge on any atom is -0.0105 e. The summed E-state index contributed by atoms with van der Waals surface area (Å²) < 4.78 is 0. The molecule has 0 nitrogen and oxygen atoms in total. The van der Waals surface area contributed by atoms with Crippen molar-refractivity contribution < 1.29 is 0 Å². The first-order valence-corrected chi connectivity index (χ1v) is 16.5. The van der Waals surface area contributed by atoms with E-state index < -0.39 is 0 Å². The largest absolute Gasteiger partial charge is 0.0622 e. The van der Waals surface area contributed by atoms with Gasteiger partial charge in [0.15, 0.2) is 0 Å². The molecule has 0 saturated carbocycles. The predicted molar refractivity (Wildman–Crippen MR) is 204 cm³/mol. The summed E-state index contributed by atoms with van der Waals surface area (Å²) in [5.74, 6) is 0. The molecule has 0 N–H and O–H groups in total. The van der Waals surface area contributed by atoms with Crippen molar-refractivity contribution in [1.82, 2.24) is 0 Å². The monoisotopic (exact) mass is 610 g/mol. The molecule has 8 aromatic carbocycles. The average molecular weight is 611 g/mol. The van der Waals surface area contributed by atoms with Crippen LogP contribution in [0.3, 0.4) is 0 Å². The lowest BCUT2D eigenvalue weighted by atomic mass is 9.87. The summed E-state index contributed by atoms with van der Waals surface area (Å²) in [7, 11) is 0. The zero-order valence-electron chi connectivity index (χ0n) is 26.6.